The van der Waals surface area contributed by atoms with Crippen LogP contribution in [0, 0.1) is 5.92 Å². The van der Waals surface area contributed by atoms with Crippen molar-refractivity contribution in [1.82, 2.24) is 20.2 Å². The first-order chi connectivity index (χ1) is 14.8. The number of fused-ring (bicyclic) bond motifs is 1. The fourth-order valence-corrected chi connectivity index (χ4v) is 5.37. The molecular formula is C24H42N6. The van der Waals surface area contributed by atoms with Gasteiger partial charge in [0.15, 0.2) is 0 Å². The second kappa shape index (κ2) is 10.8. The average molecular weight is 415 g/mol. The lowest BCUT2D eigenvalue weighted by atomic mass is 9.99. The average Bonchev–Trinajstić information content (AvgIpc) is 3.07. The molecular weight excluding hydrogens is 372 g/mol. The maximum atomic E-state index is 5.11. The molecule has 4 heterocycles. The van der Waals surface area contributed by atoms with Crippen LogP contribution in [-0.4, -0.2) is 60.2 Å². The third-order valence-electron chi connectivity index (χ3n) is 7.33. The predicted molar refractivity (Wildman–Crippen MR) is 125 cm³/mol. The molecule has 0 aliphatic carbocycles. The first-order valence-electron chi connectivity index (χ1n) is 12.6. The summed E-state index contributed by atoms with van der Waals surface area (Å²) in [7, 11) is 0. The topological polar surface area (TPSA) is 56.3 Å². The van der Waals surface area contributed by atoms with E-state index in [0.29, 0.717) is 6.04 Å². The molecule has 6 heteroatoms. The van der Waals surface area contributed by atoms with Crippen LogP contribution in [0.2, 0.25) is 0 Å². The molecule has 2 N–H and O–H groups in total. The molecule has 0 radical (unpaired) electrons. The molecule has 1 atom stereocenters. The smallest absolute Gasteiger partial charge is 0.225 e. The zero-order valence-corrected chi connectivity index (χ0v) is 19.3. The lowest BCUT2D eigenvalue weighted by Crippen LogP contribution is -2.44. The van der Waals surface area contributed by atoms with E-state index in [2.05, 4.69) is 34.3 Å². The number of nitrogens with zero attached hydrogens (tertiary/aromatic N) is 4. The molecule has 0 aromatic carbocycles. The number of hydrogen-bond acceptors (Lipinski definition) is 6. The molecule has 30 heavy (non-hydrogen) atoms. The van der Waals surface area contributed by atoms with Gasteiger partial charge in [0.25, 0.3) is 0 Å². The number of likely N-dealkylation sites (tertiary alicyclic amines) is 1. The largest absolute Gasteiger partial charge is 0.356 e. The molecule has 2 saturated heterocycles. The van der Waals surface area contributed by atoms with E-state index >= 15 is 0 Å². The van der Waals surface area contributed by atoms with Crippen LogP contribution in [0.4, 0.5) is 11.8 Å². The highest BCUT2D eigenvalue weighted by atomic mass is 15.3. The van der Waals surface area contributed by atoms with Crippen LogP contribution < -0.4 is 15.5 Å². The number of piperidine rings is 1. The standard InChI is InChI=1S/C24H42N6/c1-3-19(4-2)17-29-13-9-10-20(18-29)26-24-27-22-11-12-25-16-21(22)23(28-24)30-14-7-5-6-8-15-30/h19-20,25H,3-18H2,1-2H3,(H,26,27,28). The molecule has 1 aromatic heterocycles. The van der Waals surface area contributed by atoms with Gasteiger partial charge in [-0.25, -0.2) is 4.98 Å². The molecule has 0 bridgehead atoms. The fourth-order valence-electron chi connectivity index (χ4n) is 5.37. The van der Waals surface area contributed by atoms with Gasteiger partial charge in [0.05, 0.1) is 5.69 Å². The highest BCUT2D eigenvalue weighted by molar-refractivity contribution is 5.54. The summed E-state index contributed by atoms with van der Waals surface area (Å²) in [5, 5.41) is 7.29. The van der Waals surface area contributed by atoms with Gasteiger partial charge >= 0.3 is 0 Å². The minimum Gasteiger partial charge on any atom is -0.356 e. The van der Waals surface area contributed by atoms with Crippen LogP contribution >= 0.6 is 0 Å². The molecule has 3 aliphatic rings. The Balaban J connectivity index is 1.49. The van der Waals surface area contributed by atoms with E-state index in [0.717, 1.165) is 51.0 Å². The molecule has 6 nitrogen and oxygen atoms in total. The number of hydrogen-bond donors (Lipinski definition) is 2. The Bertz CT molecular complexity index is 666. The summed E-state index contributed by atoms with van der Waals surface area (Å²) >= 11 is 0. The summed E-state index contributed by atoms with van der Waals surface area (Å²) < 4.78 is 0. The van der Waals surface area contributed by atoms with Gasteiger partial charge < -0.3 is 20.4 Å². The summed E-state index contributed by atoms with van der Waals surface area (Å²) in [6.07, 6.45) is 11.3. The Morgan fingerprint density at radius 3 is 2.60 bits per heavy atom. The van der Waals surface area contributed by atoms with Crippen molar-refractivity contribution in [2.75, 3.05) is 49.5 Å². The van der Waals surface area contributed by atoms with Crippen molar-refractivity contribution >= 4 is 11.8 Å². The predicted octanol–water partition coefficient (Wildman–Crippen LogP) is 3.82. The molecule has 2 fully saturated rings. The molecule has 3 aliphatic heterocycles. The summed E-state index contributed by atoms with van der Waals surface area (Å²) in [6, 6.07) is 0.463. The van der Waals surface area contributed by atoms with Crippen molar-refractivity contribution in [2.45, 2.75) is 84.2 Å². The zero-order chi connectivity index (χ0) is 20.8. The second-order valence-corrected chi connectivity index (χ2v) is 9.55. The summed E-state index contributed by atoms with van der Waals surface area (Å²) in [5.41, 5.74) is 2.60. The number of rotatable bonds is 7. The fraction of sp³-hybridized carbons (Fsp3) is 0.833. The maximum absolute atomic E-state index is 5.11. The summed E-state index contributed by atoms with van der Waals surface area (Å²) in [4.78, 5) is 15.3. The molecule has 1 aromatic rings. The monoisotopic (exact) mass is 414 g/mol. The molecule has 4 rings (SSSR count). The highest BCUT2D eigenvalue weighted by Crippen LogP contribution is 2.28. The SMILES string of the molecule is CCC(CC)CN1CCCC(Nc2nc3c(c(N4CCCCCC4)n2)CNCC3)C1. The zero-order valence-electron chi connectivity index (χ0n) is 19.3. The van der Waals surface area contributed by atoms with Crippen LogP contribution in [0.25, 0.3) is 0 Å². The maximum Gasteiger partial charge on any atom is 0.225 e. The van der Waals surface area contributed by atoms with Gasteiger partial charge in [-0.2, -0.15) is 4.98 Å². The van der Waals surface area contributed by atoms with Crippen molar-refractivity contribution in [3.8, 4) is 0 Å². The molecule has 1 unspecified atom stereocenters. The van der Waals surface area contributed by atoms with Gasteiger partial charge in [-0.15, -0.1) is 0 Å². The van der Waals surface area contributed by atoms with Crippen molar-refractivity contribution in [2.24, 2.45) is 5.92 Å². The number of anilines is 2. The van der Waals surface area contributed by atoms with Crippen molar-refractivity contribution < 1.29 is 0 Å². The number of nitrogens with one attached hydrogen (secondary N) is 2. The van der Waals surface area contributed by atoms with Crippen molar-refractivity contribution in [1.29, 1.82) is 0 Å². The third-order valence-corrected chi connectivity index (χ3v) is 7.33. The minimum atomic E-state index is 0.463. The molecule has 0 amide bonds. The Labute approximate surface area is 183 Å². The molecule has 0 saturated carbocycles. The third kappa shape index (κ3) is 5.44. The lowest BCUT2D eigenvalue weighted by Gasteiger charge is -2.35. The van der Waals surface area contributed by atoms with Crippen molar-refractivity contribution in [3.63, 3.8) is 0 Å². The van der Waals surface area contributed by atoms with Crippen LogP contribution in [0.5, 0.6) is 0 Å². The van der Waals surface area contributed by atoms with Gasteiger partial charge in [-0.3, -0.25) is 0 Å². The molecule has 0 spiro atoms. The minimum absolute atomic E-state index is 0.463. The van der Waals surface area contributed by atoms with Gasteiger partial charge in [0, 0.05) is 57.3 Å². The van der Waals surface area contributed by atoms with Crippen LogP contribution in [0.3, 0.4) is 0 Å². The van der Waals surface area contributed by atoms with Gasteiger partial charge in [0.2, 0.25) is 5.95 Å². The Kier molecular flexibility index (Phi) is 7.83. The first-order valence-corrected chi connectivity index (χ1v) is 12.6. The van der Waals surface area contributed by atoms with E-state index in [1.54, 1.807) is 0 Å². The quantitative estimate of drug-likeness (QED) is 0.707. The van der Waals surface area contributed by atoms with E-state index in [-0.39, 0.29) is 0 Å². The Morgan fingerprint density at radius 1 is 1.03 bits per heavy atom. The Morgan fingerprint density at radius 2 is 1.83 bits per heavy atom. The van der Waals surface area contributed by atoms with Crippen molar-refractivity contribution in [3.05, 3.63) is 11.3 Å². The normalized spacial score (nSPS) is 23.3. The summed E-state index contributed by atoms with van der Waals surface area (Å²) in [5.74, 6) is 2.89. The number of aromatic nitrogens is 2. The Hall–Kier alpha value is -1.40. The van der Waals surface area contributed by atoms with E-state index in [4.69, 9.17) is 9.97 Å². The van der Waals surface area contributed by atoms with Gasteiger partial charge in [0.1, 0.15) is 5.82 Å². The van der Waals surface area contributed by atoms with Crippen LogP contribution in [0.15, 0.2) is 0 Å². The molecule has 168 valence electrons. The lowest BCUT2D eigenvalue weighted by molar-refractivity contribution is 0.181. The van der Waals surface area contributed by atoms with Crippen LogP contribution in [0.1, 0.15) is 76.5 Å². The highest BCUT2D eigenvalue weighted by Gasteiger charge is 2.25. The van der Waals surface area contributed by atoms with Gasteiger partial charge in [-0.1, -0.05) is 39.5 Å². The van der Waals surface area contributed by atoms with E-state index < -0.39 is 0 Å². The van der Waals surface area contributed by atoms with E-state index in [9.17, 15) is 0 Å². The van der Waals surface area contributed by atoms with Crippen LogP contribution in [-0.2, 0) is 13.0 Å². The first kappa shape index (κ1) is 21.8. The summed E-state index contributed by atoms with van der Waals surface area (Å²) in [6.45, 7) is 12.5. The van der Waals surface area contributed by atoms with E-state index in [1.165, 1.54) is 81.5 Å². The second-order valence-electron chi connectivity index (χ2n) is 9.55. The van der Waals surface area contributed by atoms with E-state index in [1.807, 2.05) is 0 Å². The van der Waals surface area contributed by atoms with Gasteiger partial charge in [-0.05, 0) is 38.1 Å².